The smallest absolute Gasteiger partial charge is 0.315 e. The van der Waals surface area contributed by atoms with Crippen LogP contribution in [0.5, 0.6) is 0 Å². The molecule has 8 saturated carbocycles. The molecule has 0 saturated heterocycles. The van der Waals surface area contributed by atoms with Crippen LogP contribution in [0.1, 0.15) is 141 Å². The van der Waals surface area contributed by atoms with E-state index in [1.165, 1.54) is 128 Å². The molecule has 0 spiro atoms. The first-order valence-electron chi connectivity index (χ1n) is 17.5. The molecular weight excluding hydrogens is 516 g/mol. The Bertz CT molecular complexity index is 738. The fourth-order valence-corrected chi connectivity index (χ4v) is 12.1. The Morgan fingerprint density at radius 2 is 0.925 bits per heavy atom. The molecule has 0 heterocycles. The van der Waals surface area contributed by atoms with E-state index in [1.54, 1.807) is 0 Å². The molecule has 8 bridgehead atoms. The van der Waals surface area contributed by atoms with Crippen LogP contribution in [-0.4, -0.2) is 34.4 Å². The maximum absolute atomic E-state index is 12.7. The van der Waals surface area contributed by atoms with Crippen molar-refractivity contribution < 1.29 is 9.00 Å². The van der Waals surface area contributed by atoms with Crippen LogP contribution in [0.3, 0.4) is 0 Å². The number of hydrogen-bond donors (Lipinski definition) is 4. The molecule has 8 fully saturated rings. The van der Waals surface area contributed by atoms with Gasteiger partial charge in [0.1, 0.15) is 0 Å². The molecule has 0 aromatic carbocycles. The molecule has 228 valence electrons. The van der Waals surface area contributed by atoms with E-state index in [2.05, 4.69) is 20.1 Å². The van der Waals surface area contributed by atoms with Gasteiger partial charge in [-0.3, -0.25) is 0 Å². The van der Waals surface area contributed by atoms with Crippen LogP contribution in [-0.2, 0) is 11.2 Å². The van der Waals surface area contributed by atoms with Crippen molar-refractivity contribution in [1.29, 1.82) is 0 Å². The van der Waals surface area contributed by atoms with E-state index < -0.39 is 11.2 Å². The van der Waals surface area contributed by atoms with E-state index in [1.807, 2.05) is 0 Å². The Kier molecular flexibility index (Phi) is 9.80. The molecule has 0 aliphatic heterocycles. The SMILES string of the molecule is O=C(NCCCCCCCCCCCCNS(=O)NC12CC3CC(CC(C3)C1)C2)NC12CC3CC(CC(C3)C1)C2. The average Bonchev–Trinajstić information content (AvgIpc) is 2.86. The van der Waals surface area contributed by atoms with Crippen molar-refractivity contribution in [3.8, 4) is 0 Å². The van der Waals surface area contributed by atoms with Crippen molar-refractivity contribution in [3.63, 3.8) is 0 Å². The van der Waals surface area contributed by atoms with Gasteiger partial charge < -0.3 is 10.6 Å². The molecule has 8 aliphatic rings. The molecule has 40 heavy (non-hydrogen) atoms. The second-order valence-corrected chi connectivity index (χ2v) is 16.6. The Morgan fingerprint density at radius 3 is 1.38 bits per heavy atom. The van der Waals surface area contributed by atoms with Gasteiger partial charge in [-0.25, -0.2) is 18.4 Å². The predicted molar refractivity (Wildman–Crippen MR) is 164 cm³/mol. The van der Waals surface area contributed by atoms with Crippen LogP contribution in [0.4, 0.5) is 4.79 Å². The predicted octanol–water partition coefficient (Wildman–Crippen LogP) is 6.88. The highest BCUT2D eigenvalue weighted by Gasteiger charge is 2.52. The largest absolute Gasteiger partial charge is 0.338 e. The standard InChI is InChI=1S/C33H58N4O2S/c38-31(36-32-19-25-13-26(20-32)15-27(14-25)21-32)34-11-9-7-5-3-1-2-4-6-8-10-12-35-40(39)37-33-22-28-16-29(23-33)18-30(17-28)24-33/h25-30,35,37H,1-24H2,(H2,34,36,38). The summed E-state index contributed by atoms with van der Waals surface area (Å²) in [7, 11) is 0. The third-order valence-electron chi connectivity index (χ3n) is 11.9. The number of carbonyl (C=O) groups excluding carboxylic acids is 1. The second kappa shape index (κ2) is 13.3. The molecule has 0 aromatic rings. The summed E-state index contributed by atoms with van der Waals surface area (Å²) in [5.74, 6) is 5.29. The number of carbonyl (C=O) groups is 1. The summed E-state index contributed by atoms with van der Waals surface area (Å²) in [5, 5.41) is 6.58. The lowest BCUT2D eigenvalue weighted by Crippen LogP contribution is -2.61. The van der Waals surface area contributed by atoms with E-state index in [9.17, 15) is 9.00 Å². The summed E-state index contributed by atoms with van der Waals surface area (Å²) < 4.78 is 19.5. The topological polar surface area (TPSA) is 82.3 Å². The van der Waals surface area contributed by atoms with Gasteiger partial charge in [-0.1, -0.05) is 51.4 Å². The molecule has 0 aromatic heterocycles. The van der Waals surface area contributed by atoms with Gasteiger partial charge in [0.25, 0.3) is 0 Å². The zero-order chi connectivity index (χ0) is 27.4. The van der Waals surface area contributed by atoms with Crippen molar-refractivity contribution in [2.45, 2.75) is 152 Å². The van der Waals surface area contributed by atoms with Gasteiger partial charge in [-0.05, 0) is 125 Å². The van der Waals surface area contributed by atoms with Crippen LogP contribution in [0.15, 0.2) is 0 Å². The number of amides is 2. The van der Waals surface area contributed by atoms with Crippen LogP contribution in [0.25, 0.3) is 0 Å². The molecule has 6 nitrogen and oxygen atoms in total. The van der Waals surface area contributed by atoms with E-state index in [4.69, 9.17) is 0 Å². The van der Waals surface area contributed by atoms with Crippen molar-refractivity contribution in [1.82, 2.24) is 20.1 Å². The summed E-state index contributed by atoms with van der Waals surface area (Å²) in [6.07, 6.45) is 28.5. The summed E-state index contributed by atoms with van der Waals surface area (Å²) >= 11 is -1.08. The second-order valence-electron chi connectivity index (χ2n) is 15.6. The van der Waals surface area contributed by atoms with Crippen LogP contribution < -0.4 is 20.1 Å². The van der Waals surface area contributed by atoms with Crippen LogP contribution in [0.2, 0.25) is 0 Å². The lowest BCUT2D eigenvalue weighted by molar-refractivity contribution is -0.0135. The monoisotopic (exact) mass is 574 g/mol. The normalized spacial score (nSPS) is 39.5. The number of hydrogen-bond acceptors (Lipinski definition) is 2. The van der Waals surface area contributed by atoms with E-state index in [0.29, 0.717) is 0 Å². The highest BCUT2D eigenvalue weighted by molar-refractivity contribution is 7.81. The third-order valence-corrected chi connectivity index (χ3v) is 13.0. The lowest BCUT2D eigenvalue weighted by atomic mass is 9.53. The van der Waals surface area contributed by atoms with Crippen molar-refractivity contribution in [3.05, 3.63) is 0 Å². The van der Waals surface area contributed by atoms with Crippen molar-refractivity contribution in [2.75, 3.05) is 13.1 Å². The summed E-state index contributed by atoms with van der Waals surface area (Å²) in [4.78, 5) is 12.5. The number of nitrogens with one attached hydrogen (secondary N) is 4. The Labute approximate surface area is 246 Å². The third kappa shape index (κ3) is 7.64. The van der Waals surface area contributed by atoms with Gasteiger partial charge in [0.15, 0.2) is 11.2 Å². The molecule has 0 radical (unpaired) electrons. The van der Waals surface area contributed by atoms with E-state index >= 15 is 0 Å². The quantitative estimate of drug-likeness (QED) is 0.143. The molecule has 1 unspecified atom stereocenters. The van der Waals surface area contributed by atoms with Crippen LogP contribution >= 0.6 is 0 Å². The van der Waals surface area contributed by atoms with Crippen LogP contribution in [0, 0.1) is 35.5 Å². The first kappa shape index (κ1) is 29.4. The van der Waals surface area contributed by atoms with Gasteiger partial charge in [0.2, 0.25) is 0 Å². The first-order chi connectivity index (χ1) is 19.5. The minimum Gasteiger partial charge on any atom is -0.338 e. The Morgan fingerprint density at radius 1 is 0.550 bits per heavy atom. The van der Waals surface area contributed by atoms with Crippen molar-refractivity contribution in [2.24, 2.45) is 35.5 Å². The number of unbranched alkanes of at least 4 members (excludes halogenated alkanes) is 9. The van der Waals surface area contributed by atoms with Gasteiger partial charge in [0.05, 0.1) is 0 Å². The molecule has 2 amide bonds. The molecule has 7 heteroatoms. The van der Waals surface area contributed by atoms with Gasteiger partial charge in [0, 0.05) is 24.2 Å². The highest BCUT2D eigenvalue weighted by Crippen LogP contribution is 2.56. The van der Waals surface area contributed by atoms with Gasteiger partial charge in [-0.15, -0.1) is 0 Å². The fourth-order valence-electron chi connectivity index (χ4n) is 11.0. The van der Waals surface area contributed by atoms with E-state index in [-0.39, 0.29) is 17.1 Å². The van der Waals surface area contributed by atoms with E-state index in [0.717, 1.165) is 61.4 Å². The van der Waals surface area contributed by atoms with Gasteiger partial charge in [-0.2, -0.15) is 0 Å². The molecule has 4 N–H and O–H groups in total. The minimum atomic E-state index is -1.08. The maximum Gasteiger partial charge on any atom is 0.315 e. The number of rotatable bonds is 17. The number of urea groups is 1. The maximum atomic E-state index is 12.7. The molecule has 8 aliphatic carbocycles. The highest BCUT2D eigenvalue weighted by atomic mass is 32.2. The summed E-state index contributed by atoms with van der Waals surface area (Å²) in [6.45, 7) is 1.68. The fraction of sp³-hybridized carbons (Fsp3) is 0.970. The lowest BCUT2D eigenvalue weighted by Gasteiger charge is -2.56. The Hall–Kier alpha value is -0.660. The summed E-state index contributed by atoms with van der Waals surface area (Å²) in [5.41, 5.74) is 0.296. The average molecular weight is 575 g/mol. The summed E-state index contributed by atoms with van der Waals surface area (Å²) in [6, 6.07) is 0.0854. The van der Waals surface area contributed by atoms with Gasteiger partial charge >= 0.3 is 6.03 Å². The molecular formula is C33H58N4O2S. The molecule has 8 rings (SSSR count). The zero-order valence-electron chi connectivity index (χ0n) is 25.2. The molecule has 1 atom stereocenters. The zero-order valence-corrected chi connectivity index (χ0v) is 26.0. The Balaban J connectivity index is 0.710. The first-order valence-corrected chi connectivity index (χ1v) is 18.6. The minimum absolute atomic E-state index is 0.0854. The van der Waals surface area contributed by atoms with Crippen molar-refractivity contribution >= 4 is 17.2 Å².